The lowest BCUT2D eigenvalue weighted by Crippen LogP contribution is -2.20. The van der Waals surface area contributed by atoms with Crippen LogP contribution in [-0.2, 0) is 0 Å². The highest BCUT2D eigenvalue weighted by Crippen LogP contribution is 2.58. The first kappa shape index (κ1) is 23.9. The molecular weight excluding hydrogens is 526 g/mol. The molecule has 1 aliphatic carbocycles. The van der Waals surface area contributed by atoms with Crippen LogP contribution in [0.25, 0.3) is 77.2 Å². The molecule has 0 radical (unpaired) electrons. The summed E-state index contributed by atoms with van der Waals surface area (Å²) in [7, 11) is 0. The lowest BCUT2D eigenvalue weighted by molar-refractivity contribution is 0.0880. The maximum Gasteiger partial charge on any atom is 0.259 e. The molecule has 3 heteroatoms. The van der Waals surface area contributed by atoms with E-state index >= 15 is 0 Å². The van der Waals surface area contributed by atoms with Gasteiger partial charge in [-0.3, -0.25) is 14.9 Å². The normalized spacial score (nSPS) is 12.9. The van der Waals surface area contributed by atoms with E-state index in [-0.39, 0.29) is 11.8 Å². The number of hydrogen-bond donors (Lipinski definition) is 1. The number of amides is 2. The first-order valence-electron chi connectivity index (χ1n) is 14.5. The molecule has 1 N–H and O–H groups in total. The van der Waals surface area contributed by atoms with Crippen molar-refractivity contribution in [2.45, 2.75) is 0 Å². The Morgan fingerprint density at radius 2 is 0.814 bits per heavy atom. The molecule has 3 nitrogen and oxygen atoms in total. The van der Waals surface area contributed by atoms with Crippen molar-refractivity contribution in [2.24, 2.45) is 0 Å². The highest BCUT2D eigenvalue weighted by atomic mass is 16.2. The maximum atomic E-state index is 13.6. The third-order valence-corrected chi connectivity index (χ3v) is 8.97. The van der Waals surface area contributed by atoms with Crippen molar-refractivity contribution in [3.05, 3.63) is 145 Å². The van der Waals surface area contributed by atoms with Gasteiger partial charge in [0.05, 0.1) is 11.1 Å². The van der Waals surface area contributed by atoms with Gasteiger partial charge in [0, 0.05) is 11.1 Å². The fraction of sp³-hybridized carbons (Fsp3) is 0. The molecule has 0 aromatic heterocycles. The first-order chi connectivity index (χ1) is 21.2. The lowest BCUT2D eigenvalue weighted by atomic mass is 9.81. The zero-order valence-electron chi connectivity index (χ0n) is 23.0. The smallest absolute Gasteiger partial charge is 0.259 e. The van der Waals surface area contributed by atoms with Crippen molar-refractivity contribution in [2.75, 3.05) is 0 Å². The Morgan fingerprint density at radius 3 is 1.49 bits per heavy atom. The fourth-order valence-electron chi connectivity index (χ4n) is 7.28. The molecule has 0 fully saturated rings. The number of carbonyl (C=O) groups excluding carboxylic acids is 2. The average Bonchev–Trinajstić information content (AvgIpc) is 3.55. The minimum absolute atomic E-state index is 0.349. The Labute approximate surface area is 248 Å². The molecule has 0 spiro atoms. The van der Waals surface area contributed by atoms with Gasteiger partial charge in [0.1, 0.15) is 0 Å². The van der Waals surface area contributed by atoms with Crippen molar-refractivity contribution < 1.29 is 9.59 Å². The molecular formula is C40H23NO2. The molecule has 2 aliphatic rings. The molecule has 0 bridgehead atoms. The molecule has 0 unspecified atom stereocenters. The van der Waals surface area contributed by atoms with Crippen LogP contribution in [0, 0.1) is 0 Å². The number of rotatable bonds is 3. The fourth-order valence-corrected chi connectivity index (χ4v) is 7.28. The van der Waals surface area contributed by atoms with Gasteiger partial charge in [0.2, 0.25) is 0 Å². The second-order valence-electron chi connectivity index (χ2n) is 11.2. The highest BCUT2D eigenvalue weighted by Gasteiger charge is 2.40. The predicted octanol–water partition coefficient (Wildman–Crippen LogP) is 9.52. The molecule has 43 heavy (non-hydrogen) atoms. The second kappa shape index (κ2) is 8.85. The number of hydrogen-bond acceptors (Lipinski definition) is 2. The van der Waals surface area contributed by atoms with Crippen LogP contribution < -0.4 is 5.32 Å². The van der Waals surface area contributed by atoms with Gasteiger partial charge in [0.15, 0.2) is 0 Å². The summed E-state index contributed by atoms with van der Waals surface area (Å²) in [6, 6.07) is 45.8. The minimum Gasteiger partial charge on any atom is -0.288 e. The molecule has 0 saturated carbocycles. The van der Waals surface area contributed by atoms with Gasteiger partial charge < -0.3 is 0 Å². The van der Waals surface area contributed by atoms with E-state index < -0.39 is 0 Å². The average molecular weight is 550 g/mol. The SMILES string of the molecule is O=C1NC(=O)c2c1c(-c1ccccc1)c1c(c2-c2ccccc2)-c2ccc(-c3cccc4ccccc34)c3cccc-1c23. The van der Waals surface area contributed by atoms with Crippen LogP contribution in [0.3, 0.4) is 0 Å². The first-order valence-corrected chi connectivity index (χ1v) is 14.5. The Hall–Kier alpha value is -5.80. The molecule has 200 valence electrons. The molecule has 0 atom stereocenters. The Bertz CT molecular complexity index is 2240. The zero-order valence-corrected chi connectivity index (χ0v) is 23.0. The van der Waals surface area contributed by atoms with E-state index in [2.05, 4.69) is 78.1 Å². The van der Waals surface area contributed by atoms with Crippen LogP contribution in [0.2, 0.25) is 0 Å². The van der Waals surface area contributed by atoms with Crippen molar-refractivity contribution in [3.8, 4) is 55.6 Å². The van der Waals surface area contributed by atoms with Crippen LogP contribution in [-0.4, -0.2) is 11.8 Å². The van der Waals surface area contributed by atoms with Gasteiger partial charge in [-0.1, -0.05) is 133 Å². The summed E-state index contributed by atoms with van der Waals surface area (Å²) in [4.78, 5) is 27.2. The van der Waals surface area contributed by atoms with E-state index in [1.807, 2.05) is 60.7 Å². The van der Waals surface area contributed by atoms with Gasteiger partial charge in [-0.05, 0) is 66.1 Å². The van der Waals surface area contributed by atoms with Gasteiger partial charge in [-0.15, -0.1) is 0 Å². The van der Waals surface area contributed by atoms with Gasteiger partial charge in [-0.25, -0.2) is 0 Å². The molecule has 7 aromatic rings. The van der Waals surface area contributed by atoms with Crippen LogP contribution >= 0.6 is 0 Å². The second-order valence-corrected chi connectivity index (χ2v) is 11.2. The summed E-state index contributed by atoms with van der Waals surface area (Å²) in [5.41, 5.74) is 10.9. The van der Waals surface area contributed by atoms with Crippen molar-refractivity contribution in [1.29, 1.82) is 0 Å². The minimum atomic E-state index is -0.349. The number of nitrogens with one attached hydrogen (secondary N) is 1. The van der Waals surface area contributed by atoms with Crippen molar-refractivity contribution in [1.82, 2.24) is 5.32 Å². The number of imide groups is 1. The van der Waals surface area contributed by atoms with Gasteiger partial charge in [-0.2, -0.15) is 0 Å². The van der Waals surface area contributed by atoms with Gasteiger partial charge >= 0.3 is 0 Å². The van der Waals surface area contributed by atoms with Crippen LogP contribution in [0.15, 0.2) is 133 Å². The Kier molecular flexibility index (Phi) is 4.91. The van der Waals surface area contributed by atoms with Crippen LogP contribution in [0.5, 0.6) is 0 Å². The topological polar surface area (TPSA) is 46.2 Å². The standard InChI is InChI=1S/C40H23NO2/c42-39-37-32(24-12-3-1-4-13-24)35-30-20-10-19-29-28(27-18-9-16-23-11-7-8-17-26(23)27)21-22-31(34(29)30)36(35)33(38(37)40(43)41-39)25-14-5-2-6-15-25/h1-22H,(H,41,42,43). The van der Waals surface area contributed by atoms with Crippen molar-refractivity contribution in [3.63, 3.8) is 0 Å². The Balaban J connectivity index is 1.46. The monoisotopic (exact) mass is 549 g/mol. The number of fused-ring (bicyclic) bond motifs is 5. The van der Waals surface area contributed by atoms with Crippen LogP contribution in [0.4, 0.5) is 0 Å². The molecule has 9 rings (SSSR count). The molecule has 7 aromatic carbocycles. The highest BCUT2D eigenvalue weighted by molar-refractivity contribution is 6.33. The summed E-state index contributed by atoms with van der Waals surface area (Å²) in [5.74, 6) is -0.697. The van der Waals surface area contributed by atoms with E-state index in [0.29, 0.717) is 11.1 Å². The molecule has 1 heterocycles. The molecule has 0 saturated heterocycles. The third-order valence-electron chi connectivity index (χ3n) is 8.97. The predicted molar refractivity (Wildman–Crippen MR) is 174 cm³/mol. The summed E-state index contributed by atoms with van der Waals surface area (Å²) in [5, 5.41) is 7.33. The van der Waals surface area contributed by atoms with E-state index in [9.17, 15) is 9.59 Å². The van der Waals surface area contributed by atoms with E-state index in [1.165, 1.54) is 16.3 Å². The van der Waals surface area contributed by atoms with Crippen molar-refractivity contribution >= 4 is 33.4 Å². The summed E-state index contributed by atoms with van der Waals surface area (Å²) in [6.45, 7) is 0. The quantitative estimate of drug-likeness (QED) is 0.223. The van der Waals surface area contributed by atoms with E-state index in [1.54, 1.807) is 0 Å². The molecule has 2 amide bonds. The van der Waals surface area contributed by atoms with Crippen LogP contribution in [0.1, 0.15) is 20.7 Å². The van der Waals surface area contributed by atoms with E-state index in [4.69, 9.17) is 0 Å². The largest absolute Gasteiger partial charge is 0.288 e. The number of benzene rings is 7. The lowest BCUT2D eigenvalue weighted by Gasteiger charge is -2.19. The van der Waals surface area contributed by atoms with Gasteiger partial charge in [0.25, 0.3) is 11.8 Å². The summed E-state index contributed by atoms with van der Waals surface area (Å²) >= 11 is 0. The summed E-state index contributed by atoms with van der Waals surface area (Å²) in [6.07, 6.45) is 0. The Morgan fingerprint density at radius 1 is 0.349 bits per heavy atom. The zero-order chi connectivity index (χ0) is 28.7. The molecule has 1 aliphatic heterocycles. The summed E-state index contributed by atoms with van der Waals surface area (Å²) < 4.78 is 0. The van der Waals surface area contributed by atoms with E-state index in [0.717, 1.165) is 60.8 Å². The number of carbonyl (C=O) groups is 2. The third kappa shape index (κ3) is 3.25. The maximum absolute atomic E-state index is 13.6.